The summed E-state index contributed by atoms with van der Waals surface area (Å²) in [7, 11) is 0. The van der Waals surface area contributed by atoms with Crippen LogP contribution < -0.4 is 5.32 Å². The average Bonchev–Trinajstić information content (AvgIpc) is 3.10. The van der Waals surface area contributed by atoms with E-state index in [4.69, 9.17) is 9.40 Å². The fourth-order valence-electron chi connectivity index (χ4n) is 2.53. The number of carbonyl (C=O) groups excluding carboxylic acids is 1. The average molecular weight is 341 g/mol. The van der Waals surface area contributed by atoms with E-state index in [1.807, 2.05) is 18.2 Å². The summed E-state index contributed by atoms with van der Waals surface area (Å²) in [5.41, 5.74) is 2.75. The number of hydrogen-bond donors (Lipinski definition) is 1. The van der Waals surface area contributed by atoms with Gasteiger partial charge in [0.2, 0.25) is 5.76 Å². The minimum Gasteiger partial charge on any atom is -0.436 e. The molecule has 5 nitrogen and oxygen atoms in total. The molecule has 0 spiro atoms. The summed E-state index contributed by atoms with van der Waals surface area (Å²) < 4.78 is 5.32. The van der Waals surface area contributed by atoms with E-state index in [1.165, 1.54) is 4.88 Å². The number of thiazole rings is 1. The van der Waals surface area contributed by atoms with Gasteiger partial charge in [-0.2, -0.15) is 0 Å². The van der Waals surface area contributed by atoms with Crippen LogP contribution in [0.5, 0.6) is 0 Å². The van der Waals surface area contributed by atoms with Gasteiger partial charge in [0.15, 0.2) is 5.89 Å². The lowest BCUT2D eigenvalue weighted by Crippen LogP contribution is -2.25. The molecule has 0 unspecified atom stereocenters. The van der Waals surface area contributed by atoms with Crippen molar-refractivity contribution in [2.75, 3.05) is 6.54 Å². The van der Waals surface area contributed by atoms with Crippen LogP contribution in [0.3, 0.4) is 0 Å². The van der Waals surface area contributed by atoms with Gasteiger partial charge in [-0.1, -0.05) is 30.3 Å². The molecule has 1 N–H and O–H groups in total. The Balaban J connectivity index is 1.62. The standard InChI is InChI=1S/C18H19N3O2S/c1-11-17(23-13(3)20-11)18(22)19-10-9-15-21-16(12(2)24-15)14-7-5-4-6-8-14/h4-8H,9-10H2,1-3H3,(H,19,22). The SMILES string of the molecule is Cc1nc(C)c(C(=O)NCCc2nc(-c3ccccc3)c(C)s2)o1. The van der Waals surface area contributed by atoms with Crippen molar-refractivity contribution in [3.8, 4) is 11.3 Å². The molecule has 0 aliphatic carbocycles. The molecular formula is C18H19N3O2S. The Labute approximate surface area is 144 Å². The van der Waals surface area contributed by atoms with Crippen molar-refractivity contribution in [2.45, 2.75) is 27.2 Å². The van der Waals surface area contributed by atoms with Crippen LogP contribution in [0.4, 0.5) is 0 Å². The fraction of sp³-hybridized carbons (Fsp3) is 0.278. The minimum absolute atomic E-state index is 0.232. The number of rotatable bonds is 5. The minimum atomic E-state index is -0.232. The molecule has 124 valence electrons. The molecule has 1 amide bonds. The number of aromatic nitrogens is 2. The van der Waals surface area contributed by atoms with Gasteiger partial charge < -0.3 is 9.73 Å². The van der Waals surface area contributed by atoms with E-state index < -0.39 is 0 Å². The summed E-state index contributed by atoms with van der Waals surface area (Å²) in [5.74, 6) is 0.554. The van der Waals surface area contributed by atoms with Crippen molar-refractivity contribution in [3.05, 3.63) is 57.6 Å². The molecule has 0 saturated heterocycles. The number of carbonyl (C=O) groups is 1. The van der Waals surface area contributed by atoms with E-state index >= 15 is 0 Å². The third-order valence-electron chi connectivity index (χ3n) is 3.62. The predicted molar refractivity (Wildman–Crippen MR) is 94.3 cm³/mol. The second kappa shape index (κ2) is 6.97. The first-order valence-corrected chi connectivity index (χ1v) is 8.60. The van der Waals surface area contributed by atoms with Gasteiger partial charge in [0.1, 0.15) is 0 Å². The molecule has 0 radical (unpaired) electrons. The highest BCUT2D eigenvalue weighted by Gasteiger charge is 2.16. The Morgan fingerprint density at radius 1 is 1.17 bits per heavy atom. The van der Waals surface area contributed by atoms with Crippen molar-refractivity contribution < 1.29 is 9.21 Å². The maximum absolute atomic E-state index is 12.1. The third-order valence-corrected chi connectivity index (χ3v) is 4.65. The van der Waals surface area contributed by atoms with Crippen molar-refractivity contribution >= 4 is 17.2 Å². The highest BCUT2D eigenvalue weighted by Crippen LogP contribution is 2.27. The van der Waals surface area contributed by atoms with Crippen molar-refractivity contribution in [1.29, 1.82) is 0 Å². The number of amides is 1. The highest BCUT2D eigenvalue weighted by molar-refractivity contribution is 7.12. The van der Waals surface area contributed by atoms with Crippen LogP contribution in [0.1, 0.15) is 32.0 Å². The van der Waals surface area contributed by atoms with Gasteiger partial charge in [0, 0.05) is 30.3 Å². The summed E-state index contributed by atoms with van der Waals surface area (Å²) in [6.45, 7) is 6.08. The number of aryl methyl sites for hydroxylation is 3. The number of nitrogens with one attached hydrogen (secondary N) is 1. The van der Waals surface area contributed by atoms with E-state index in [9.17, 15) is 4.79 Å². The van der Waals surface area contributed by atoms with Crippen LogP contribution in [0.25, 0.3) is 11.3 Å². The highest BCUT2D eigenvalue weighted by atomic mass is 32.1. The smallest absolute Gasteiger partial charge is 0.289 e. The monoisotopic (exact) mass is 341 g/mol. The van der Waals surface area contributed by atoms with Crippen molar-refractivity contribution in [2.24, 2.45) is 0 Å². The second-order valence-corrected chi connectivity index (χ2v) is 6.82. The summed E-state index contributed by atoms with van der Waals surface area (Å²) >= 11 is 1.67. The van der Waals surface area contributed by atoms with Crippen LogP contribution in [-0.2, 0) is 6.42 Å². The van der Waals surface area contributed by atoms with E-state index in [0.717, 1.165) is 16.3 Å². The summed E-state index contributed by atoms with van der Waals surface area (Å²) in [5, 5.41) is 3.88. The molecule has 0 bridgehead atoms. The van der Waals surface area contributed by atoms with Gasteiger partial charge in [-0.05, 0) is 13.8 Å². The first-order chi connectivity index (χ1) is 11.5. The molecule has 0 saturated carbocycles. The van der Waals surface area contributed by atoms with Gasteiger partial charge in [-0.3, -0.25) is 4.79 Å². The first-order valence-electron chi connectivity index (χ1n) is 7.78. The maximum Gasteiger partial charge on any atom is 0.289 e. The van der Waals surface area contributed by atoms with Gasteiger partial charge in [-0.15, -0.1) is 11.3 Å². The molecule has 6 heteroatoms. The van der Waals surface area contributed by atoms with Crippen LogP contribution in [0.2, 0.25) is 0 Å². The lowest BCUT2D eigenvalue weighted by atomic mass is 10.1. The topological polar surface area (TPSA) is 68.0 Å². The Bertz CT molecular complexity index is 853. The predicted octanol–water partition coefficient (Wildman–Crippen LogP) is 3.70. The molecule has 0 atom stereocenters. The molecule has 2 heterocycles. The fourth-order valence-corrected chi connectivity index (χ4v) is 3.48. The Kier molecular flexibility index (Phi) is 4.76. The Morgan fingerprint density at radius 2 is 1.92 bits per heavy atom. The zero-order chi connectivity index (χ0) is 17.1. The molecule has 0 aliphatic heterocycles. The normalized spacial score (nSPS) is 10.8. The Morgan fingerprint density at radius 3 is 2.58 bits per heavy atom. The van der Waals surface area contributed by atoms with E-state index in [1.54, 1.807) is 25.2 Å². The quantitative estimate of drug-likeness (QED) is 0.768. The van der Waals surface area contributed by atoms with Gasteiger partial charge in [-0.25, -0.2) is 9.97 Å². The summed E-state index contributed by atoms with van der Waals surface area (Å²) in [6, 6.07) is 10.1. The lowest BCUT2D eigenvalue weighted by Gasteiger charge is -2.01. The lowest BCUT2D eigenvalue weighted by molar-refractivity contribution is 0.0924. The van der Waals surface area contributed by atoms with E-state index in [-0.39, 0.29) is 11.7 Å². The number of benzene rings is 1. The second-order valence-electron chi connectivity index (χ2n) is 5.53. The molecule has 0 fully saturated rings. The zero-order valence-corrected chi connectivity index (χ0v) is 14.7. The van der Waals surface area contributed by atoms with Crippen LogP contribution in [-0.4, -0.2) is 22.4 Å². The molecular weight excluding hydrogens is 322 g/mol. The molecule has 2 aromatic heterocycles. The third kappa shape index (κ3) is 3.54. The van der Waals surface area contributed by atoms with Crippen LogP contribution in [0, 0.1) is 20.8 Å². The van der Waals surface area contributed by atoms with Gasteiger partial charge in [0.25, 0.3) is 5.91 Å². The van der Waals surface area contributed by atoms with E-state index in [2.05, 4.69) is 29.4 Å². The van der Waals surface area contributed by atoms with Gasteiger partial charge >= 0.3 is 0 Å². The molecule has 3 aromatic rings. The number of oxazole rings is 1. The van der Waals surface area contributed by atoms with Crippen molar-refractivity contribution in [3.63, 3.8) is 0 Å². The molecule has 3 rings (SSSR count). The number of hydrogen-bond acceptors (Lipinski definition) is 5. The Hall–Kier alpha value is -2.47. The zero-order valence-electron chi connectivity index (χ0n) is 13.9. The van der Waals surface area contributed by atoms with Crippen LogP contribution in [0.15, 0.2) is 34.7 Å². The summed E-state index contributed by atoms with van der Waals surface area (Å²) in [4.78, 5) is 22.1. The van der Waals surface area contributed by atoms with Crippen LogP contribution >= 0.6 is 11.3 Å². The first kappa shape index (κ1) is 16.4. The van der Waals surface area contributed by atoms with E-state index in [0.29, 0.717) is 24.6 Å². The molecule has 0 aliphatic rings. The van der Waals surface area contributed by atoms with Crippen molar-refractivity contribution in [1.82, 2.24) is 15.3 Å². The largest absolute Gasteiger partial charge is 0.436 e. The number of nitrogens with zero attached hydrogens (tertiary/aromatic N) is 2. The molecule has 24 heavy (non-hydrogen) atoms. The maximum atomic E-state index is 12.1. The summed E-state index contributed by atoms with van der Waals surface area (Å²) in [6.07, 6.45) is 0.691. The van der Waals surface area contributed by atoms with Gasteiger partial charge in [0.05, 0.1) is 16.4 Å². The molecule has 1 aromatic carbocycles.